The van der Waals surface area contributed by atoms with Crippen LogP contribution in [0.15, 0.2) is 48.8 Å². The van der Waals surface area contributed by atoms with E-state index in [9.17, 15) is 8.78 Å². The van der Waals surface area contributed by atoms with E-state index in [1.54, 1.807) is 6.33 Å². The second-order valence-electron chi connectivity index (χ2n) is 6.15. The first-order valence-corrected chi connectivity index (χ1v) is 7.86. The zero-order valence-electron chi connectivity index (χ0n) is 12.7. The molecule has 1 aliphatic heterocycles. The monoisotopic (exact) mass is 326 g/mol. The van der Waals surface area contributed by atoms with Crippen LogP contribution in [0.4, 0.5) is 8.78 Å². The first-order valence-electron chi connectivity index (χ1n) is 7.86. The van der Waals surface area contributed by atoms with Crippen LogP contribution in [0.5, 0.6) is 0 Å². The molecule has 0 bridgehead atoms. The van der Waals surface area contributed by atoms with Crippen molar-refractivity contribution in [3.8, 4) is 5.69 Å². The Hall–Kier alpha value is -2.60. The van der Waals surface area contributed by atoms with Crippen molar-refractivity contribution in [2.45, 2.75) is 25.2 Å². The second-order valence-corrected chi connectivity index (χ2v) is 6.15. The number of hydrogen-bond donors (Lipinski definition) is 0. The lowest BCUT2D eigenvalue weighted by atomic mass is 10.1. The highest BCUT2D eigenvalue weighted by Crippen LogP contribution is 2.35. The molecule has 1 aromatic heterocycles. The highest BCUT2D eigenvalue weighted by Gasteiger charge is 2.43. The van der Waals surface area contributed by atoms with Gasteiger partial charge in [0.25, 0.3) is 0 Å². The van der Waals surface area contributed by atoms with E-state index in [0.717, 1.165) is 6.42 Å². The molecule has 1 unspecified atom stereocenters. The van der Waals surface area contributed by atoms with Gasteiger partial charge in [-0.1, -0.05) is 35.0 Å². The molecule has 0 amide bonds. The first kappa shape index (κ1) is 13.8. The number of fused-ring (bicyclic) bond motifs is 5. The predicted octanol–water partition coefficient (Wildman–Crippen LogP) is 2.48. The maximum atomic E-state index is 14.1. The standard InChI is InChI=1S/C18H14F2N3O/c19-13-6-3-7-14(20)18(13)23-10-22-16(21-23)9-24-15-8-11-4-1-2-5-12(11)17(15)22/h1-7,10,15,17H,8-9H2/q+1/t15-,17?/m1/s1. The summed E-state index contributed by atoms with van der Waals surface area (Å²) in [5, 5.41) is 4.35. The number of hydrogen-bond acceptors (Lipinski definition) is 2. The SMILES string of the molecule is Fc1cccc(F)c1-n1c[n+]2c(n1)CO[C@@H]1Cc3ccccc3C12. The summed E-state index contributed by atoms with van der Waals surface area (Å²) in [7, 11) is 0. The molecule has 4 nitrogen and oxygen atoms in total. The molecule has 0 saturated heterocycles. The normalized spacial score (nSPS) is 21.2. The summed E-state index contributed by atoms with van der Waals surface area (Å²) < 4.78 is 37.3. The molecule has 6 heteroatoms. The highest BCUT2D eigenvalue weighted by atomic mass is 19.1. The van der Waals surface area contributed by atoms with Gasteiger partial charge < -0.3 is 4.74 Å². The van der Waals surface area contributed by atoms with Crippen LogP contribution in [0.2, 0.25) is 0 Å². The third kappa shape index (κ3) is 1.86. The van der Waals surface area contributed by atoms with Crippen molar-refractivity contribution in [3.05, 3.63) is 77.4 Å². The van der Waals surface area contributed by atoms with Crippen LogP contribution in [0.25, 0.3) is 5.69 Å². The van der Waals surface area contributed by atoms with Crippen molar-refractivity contribution in [3.63, 3.8) is 0 Å². The van der Waals surface area contributed by atoms with Crippen molar-refractivity contribution in [1.82, 2.24) is 9.78 Å². The van der Waals surface area contributed by atoms with Crippen LogP contribution in [-0.4, -0.2) is 15.9 Å². The fraction of sp³-hybridized carbons (Fsp3) is 0.222. The van der Waals surface area contributed by atoms with Gasteiger partial charge in [-0.3, -0.25) is 0 Å². The lowest BCUT2D eigenvalue weighted by molar-refractivity contribution is -0.739. The number of benzene rings is 2. The van der Waals surface area contributed by atoms with Gasteiger partial charge in [0.2, 0.25) is 12.0 Å². The predicted molar refractivity (Wildman–Crippen MR) is 80.5 cm³/mol. The lowest BCUT2D eigenvalue weighted by Gasteiger charge is -2.23. The van der Waals surface area contributed by atoms with Gasteiger partial charge in [0, 0.05) is 11.5 Å². The van der Waals surface area contributed by atoms with E-state index in [1.807, 2.05) is 16.7 Å². The number of aromatic nitrogens is 3. The quantitative estimate of drug-likeness (QED) is 0.643. The third-order valence-electron chi connectivity index (χ3n) is 4.79. The van der Waals surface area contributed by atoms with E-state index in [-0.39, 0.29) is 17.8 Å². The molecule has 2 atom stereocenters. The summed E-state index contributed by atoms with van der Waals surface area (Å²) in [6.07, 6.45) is 2.54. The van der Waals surface area contributed by atoms with Gasteiger partial charge in [0.1, 0.15) is 18.8 Å². The Morgan fingerprint density at radius 2 is 1.88 bits per heavy atom. The Morgan fingerprint density at radius 3 is 2.71 bits per heavy atom. The smallest absolute Gasteiger partial charge is 0.304 e. The number of nitrogens with zero attached hydrogens (tertiary/aromatic N) is 3. The highest BCUT2D eigenvalue weighted by molar-refractivity contribution is 5.36. The number of halogens is 2. The zero-order chi connectivity index (χ0) is 16.3. The average Bonchev–Trinajstić information content (AvgIpc) is 3.14. The molecular weight excluding hydrogens is 312 g/mol. The Bertz CT molecular complexity index is 933. The van der Waals surface area contributed by atoms with E-state index in [0.29, 0.717) is 12.4 Å². The Morgan fingerprint density at radius 1 is 1.08 bits per heavy atom. The van der Waals surface area contributed by atoms with E-state index >= 15 is 0 Å². The zero-order valence-corrected chi connectivity index (χ0v) is 12.7. The fourth-order valence-electron chi connectivity index (χ4n) is 3.74. The van der Waals surface area contributed by atoms with Crippen LogP contribution in [0.1, 0.15) is 23.0 Å². The van der Waals surface area contributed by atoms with Crippen molar-refractivity contribution in [1.29, 1.82) is 0 Å². The molecule has 3 aromatic rings. The van der Waals surface area contributed by atoms with Crippen LogP contribution < -0.4 is 4.57 Å². The average molecular weight is 326 g/mol. The van der Waals surface area contributed by atoms with Gasteiger partial charge >= 0.3 is 5.82 Å². The molecule has 1 aliphatic carbocycles. The minimum absolute atomic E-state index is 0.00599. The summed E-state index contributed by atoms with van der Waals surface area (Å²) in [5.74, 6) is -0.616. The largest absolute Gasteiger partial charge is 0.363 e. The van der Waals surface area contributed by atoms with Gasteiger partial charge in [-0.05, 0) is 23.3 Å². The molecular formula is C18H14F2N3O+. The van der Waals surface area contributed by atoms with Gasteiger partial charge in [-0.2, -0.15) is 0 Å². The van der Waals surface area contributed by atoms with Gasteiger partial charge in [0.15, 0.2) is 11.6 Å². The molecule has 2 aliphatic rings. The third-order valence-corrected chi connectivity index (χ3v) is 4.79. The van der Waals surface area contributed by atoms with Crippen LogP contribution in [0.3, 0.4) is 0 Å². The topological polar surface area (TPSA) is 30.9 Å². The molecule has 0 radical (unpaired) electrons. The lowest BCUT2D eigenvalue weighted by Crippen LogP contribution is -2.51. The summed E-state index contributed by atoms with van der Waals surface area (Å²) in [6.45, 7) is 0.332. The molecule has 2 aromatic carbocycles. The van der Waals surface area contributed by atoms with Crippen molar-refractivity contribution in [2.24, 2.45) is 0 Å². The minimum Gasteiger partial charge on any atom is -0.363 e. The van der Waals surface area contributed by atoms with E-state index < -0.39 is 11.6 Å². The molecule has 120 valence electrons. The maximum Gasteiger partial charge on any atom is 0.304 e. The fourth-order valence-corrected chi connectivity index (χ4v) is 3.74. The van der Waals surface area contributed by atoms with Gasteiger partial charge in [-0.25, -0.2) is 13.3 Å². The van der Waals surface area contributed by atoms with E-state index in [1.165, 1.54) is 34.0 Å². The first-order chi connectivity index (χ1) is 11.7. The molecule has 5 rings (SSSR count). The summed E-state index contributed by atoms with van der Waals surface area (Å²) in [5.41, 5.74) is 2.27. The molecule has 0 N–H and O–H groups in total. The molecule has 2 heterocycles. The Kier molecular flexibility index (Phi) is 2.84. The van der Waals surface area contributed by atoms with Gasteiger partial charge in [-0.15, -0.1) is 0 Å². The molecule has 0 saturated carbocycles. The minimum atomic E-state index is -0.639. The second kappa shape index (κ2) is 4.95. The van der Waals surface area contributed by atoms with Crippen molar-refractivity contribution >= 4 is 0 Å². The summed E-state index contributed by atoms with van der Waals surface area (Å²) >= 11 is 0. The van der Waals surface area contributed by atoms with Crippen LogP contribution in [0, 0.1) is 11.6 Å². The summed E-state index contributed by atoms with van der Waals surface area (Å²) in [6, 6.07) is 12.0. The Labute approximate surface area is 136 Å². The van der Waals surface area contributed by atoms with Crippen molar-refractivity contribution < 1.29 is 18.1 Å². The summed E-state index contributed by atoms with van der Waals surface area (Å²) in [4.78, 5) is 0. The van der Waals surface area contributed by atoms with Crippen LogP contribution >= 0.6 is 0 Å². The maximum absolute atomic E-state index is 14.1. The van der Waals surface area contributed by atoms with Crippen LogP contribution in [-0.2, 0) is 17.8 Å². The van der Waals surface area contributed by atoms with Gasteiger partial charge in [0.05, 0.1) is 0 Å². The molecule has 24 heavy (non-hydrogen) atoms. The van der Waals surface area contributed by atoms with Crippen molar-refractivity contribution in [2.75, 3.05) is 0 Å². The number of para-hydroxylation sites is 1. The van der Waals surface area contributed by atoms with E-state index in [4.69, 9.17) is 4.74 Å². The molecule has 0 fully saturated rings. The molecule has 0 spiro atoms. The number of rotatable bonds is 1. The number of ether oxygens (including phenoxy) is 1. The van der Waals surface area contributed by atoms with E-state index in [2.05, 4.69) is 17.2 Å². The Balaban J connectivity index is 1.66.